The summed E-state index contributed by atoms with van der Waals surface area (Å²) in [6.07, 6.45) is 1.60. The Balaban J connectivity index is 2.65. The lowest BCUT2D eigenvalue weighted by atomic mass is 10.0. The molecule has 27 heavy (non-hydrogen) atoms. The van der Waals surface area contributed by atoms with Gasteiger partial charge in [0.05, 0.1) is 0 Å². The van der Waals surface area contributed by atoms with Crippen molar-refractivity contribution in [3.8, 4) is 0 Å². The smallest absolute Gasteiger partial charge is 0.408 e. The van der Waals surface area contributed by atoms with E-state index in [2.05, 4.69) is 10.6 Å². The van der Waals surface area contributed by atoms with Crippen molar-refractivity contribution < 1.29 is 24.2 Å². The van der Waals surface area contributed by atoms with E-state index in [-0.39, 0.29) is 12.5 Å². The Kier molecular flexibility index (Phi) is 9.93. The van der Waals surface area contributed by atoms with Gasteiger partial charge in [0.1, 0.15) is 18.7 Å². The Bertz CT molecular complexity index is 604. The molecule has 0 aliphatic carbocycles. The van der Waals surface area contributed by atoms with Gasteiger partial charge in [-0.1, -0.05) is 63.9 Å². The van der Waals surface area contributed by atoms with Crippen LogP contribution in [0.4, 0.5) is 4.79 Å². The van der Waals surface area contributed by atoms with Crippen LogP contribution in [-0.2, 0) is 20.9 Å². The first-order chi connectivity index (χ1) is 12.8. The number of amides is 2. The van der Waals surface area contributed by atoms with Crippen LogP contribution >= 0.6 is 0 Å². The molecular formula is C20H30N2O5. The van der Waals surface area contributed by atoms with Crippen molar-refractivity contribution in [1.29, 1.82) is 0 Å². The molecule has 0 spiro atoms. The molecular weight excluding hydrogens is 348 g/mol. The number of carboxylic acid groups (broad SMARTS) is 1. The molecule has 0 saturated heterocycles. The number of ether oxygens (including phenoxy) is 1. The molecule has 2 amide bonds. The van der Waals surface area contributed by atoms with Gasteiger partial charge in [0.25, 0.3) is 0 Å². The molecule has 0 radical (unpaired) electrons. The second-order valence-corrected chi connectivity index (χ2v) is 6.93. The van der Waals surface area contributed by atoms with E-state index in [4.69, 9.17) is 4.74 Å². The zero-order valence-corrected chi connectivity index (χ0v) is 16.2. The van der Waals surface area contributed by atoms with Crippen molar-refractivity contribution in [2.24, 2.45) is 5.92 Å². The summed E-state index contributed by atoms with van der Waals surface area (Å²) in [5, 5.41) is 14.4. The monoisotopic (exact) mass is 378 g/mol. The number of hydrogen-bond donors (Lipinski definition) is 3. The predicted octanol–water partition coefficient (Wildman–Crippen LogP) is 3.09. The van der Waals surface area contributed by atoms with Crippen molar-refractivity contribution in [1.82, 2.24) is 10.6 Å². The lowest BCUT2D eigenvalue weighted by Gasteiger charge is -2.22. The molecule has 1 aromatic rings. The van der Waals surface area contributed by atoms with Gasteiger partial charge in [-0.2, -0.15) is 0 Å². The summed E-state index contributed by atoms with van der Waals surface area (Å²) in [6, 6.07) is 7.40. The number of benzene rings is 1. The Labute approximate surface area is 160 Å². The van der Waals surface area contributed by atoms with E-state index in [0.717, 1.165) is 18.4 Å². The average Bonchev–Trinajstić information content (AvgIpc) is 2.63. The standard InChI is InChI=1S/C20H30N2O5/c1-4-5-11-16(18(23)21-17(19(24)25)12-14(2)3)22-20(26)27-13-15-9-7-6-8-10-15/h6-10,14,16-17H,4-5,11-13H2,1-3H3,(H,21,23)(H,22,26)(H,24,25)/t16-,17-/m0/s1. The maximum atomic E-state index is 12.5. The maximum Gasteiger partial charge on any atom is 0.408 e. The SMILES string of the molecule is CCCC[C@H](NC(=O)OCc1ccccc1)C(=O)N[C@@H](CC(C)C)C(=O)O. The van der Waals surface area contributed by atoms with Gasteiger partial charge in [-0.15, -0.1) is 0 Å². The van der Waals surface area contributed by atoms with Crippen LogP contribution in [0.3, 0.4) is 0 Å². The Morgan fingerprint density at radius 1 is 1.07 bits per heavy atom. The van der Waals surface area contributed by atoms with Crippen LogP contribution in [0.15, 0.2) is 30.3 Å². The van der Waals surface area contributed by atoms with Gasteiger partial charge in [-0.3, -0.25) is 4.79 Å². The quantitative estimate of drug-likeness (QED) is 0.549. The van der Waals surface area contributed by atoms with Gasteiger partial charge in [0.2, 0.25) is 5.91 Å². The largest absolute Gasteiger partial charge is 0.480 e. The number of hydrogen-bond acceptors (Lipinski definition) is 4. The first kappa shape index (κ1) is 22.5. The summed E-state index contributed by atoms with van der Waals surface area (Å²) in [5.41, 5.74) is 0.838. The minimum atomic E-state index is -1.09. The molecule has 3 N–H and O–H groups in total. The van der Waals surface area contributed by atoms with Crippen LogP contribution in [0.25, 0.3) is 0 Å². The number of aliphatic carboxylic acids is 1. The van der Waals surface area contributed by atoms with E-state index >= 15 is 0 Å². The molecule has 0 bridgehead atoms. The highest BCUT2D eigenvalue weighted by Gasteiger charge is 2.27. The molecule has 0 aliphatic heterocycles. The number of carbonyl (C=O) groups is 3. The normalized spacial score (nSPS) is 12.9. The fourth-order valence-corrected chi connectivity index (χ4v) is 2.55. The number of rotatable bonds is 11. The predicted molar refractivity (Wildman–Crippen MR) is 102 cm³/mol. The van der Waals surface area contributed by atoms with Gasteiger partial charge in [0, 0.05) is 0 Å². The van der Waals surface area contributed by atoms with Crippen LogP contribution in [0.1, 0.15) is 52.0 Å². The third kappa shape index (κ3) is 9.08. The summed E-state index contributed by atoms with van der Waals surface area (Å²) in [4.78, 5) is 35.9. The van der Waals surface area contributed by atoms with Crippen LogP contribution in [0, 0.1) is 5.92 Å². The van der Waals surface area contributed by atoms with Crippen molar-refractivity contribution in [3.05, 3.63) is 35.9 Å². The van der Waals surface area contributed by atoms with Crippen molar-refractivity contribution in [3.63, 3.8) is 0 Å². The molecule has 7 nitrogen and oxygen atoms in total. The van der Waals surface area contributed by atoms with Gasteiger partial charge in [0.15, 0.2) is 0 Å². The van der Waals surface area contributed by atoms with Crippen LogP contribution in [0.5, 0.6) is 0 Å². The van der Waals surface area contributed by atoms with E-state index in [0.29, 0.717) is 12.8 Å². The topological polar surface area (TPSA) is 105 Å². The molecule has 0 saturated carbocycles. The van der Waals surface area contributed by atoms with E-state index in [1.807, 2.05) is 51.1 Å². The minimum Gasteiger partial charge on any atom is -0.480 e. The zero-order chi connectivity index (χ0) is 20.2. The van der Waals surface area contributed by atoms with Crippen LogP contribution < -0.4 is 10.6 Å². The molecule has 0 heterocycles. The highest BCUT2D eigenvalue weighted by molar-refractivity contribution is 5.89. The molecule has 2 atom stereocenters. The van der Waals surface area contributed by atoms with Crippen molar-refractivity contribution >= 4 is 18.0 Å². The highest BCUT2D eigenvalue weighted by Crippen LogP contribution is 2.08. The molecule has 0 aromatic heterocycles. The van der Waals surface area contributed by atoms with Gasteiger partial charge in [-0.05, 0) is 24.3 Å². The maximum absolute atomic E-state index is 12.5. The summed E-state index contributed by atoms with van der Waals surface area (Å²) in [7, 11) is 0. The summed E-state index contributed by atoms with van der Waals surface area (Å²) in [5.74, 6) is -1.48. The second kappa shape index (κ2) is 11.9. The Morgan fingerprint density at radius 2 is 1.74 bits per heavy atom. The summed E-state index contributed by atoms with van der Waals surface area (Å²) >= 11 is 0. The van der Waals surface area contributed by atoms with Crippen molar-refractivity contribution in [2.75, 3.05) is 0 Å². The first-order valence-corrected chi connectivity index (χ1v) is 9.33. The Morgan fingerprint density at radius 3 is 2.30 bits per heavy atom. The number of carbonyl (C=O) groups excluding carboxylic acids is 2. The van der Waals surface area contributed by atoms with E-state index in [1.54, 1.807) is 0 Å². The molecule has 1 aromatic carbocycles. The number of nitrogens with one attached hydrogen (secondary N) is 2. The van der Waals surface area contributed by atoms with Gasteiger partial charge >= 0.3 is 12.1 Å². The van der Waals surface area contributed by atoms with Crippen LogP contribution in [-0.4, -0.2) is 35.2 Å². The summed E-state index contributed by atoms with van der Waals surface area (Å²) < 4.78 is 5.16. The molecule has 1 rings (SSSR count). The van der Waals surface area contributed by atoms with E-state index < -0.39 is 30.1 Å². The zero-order valence-electron chi connectivity index (χ0n) is 16.2. The number of unbranched alkanes of at least 4 members (excludes halogenated alkanes) is 1. The minimum absolute atomic E-state index is 0.0971. The fraction of sp³-hybridized carbons (Fsp3) is 0.550. The number of alkyl carbamates (subject to hydrolysis) is 1. The highest BCUT2D eigenvalue weighted by atomic mass is 16.5. The molecule has 150 valence electrons. The van der Waals surface area contributed by atoms with E-state index in [1.165, 1.54) is 0 Å². The van der Waals surface area contributed by atoms with E-state index in [9.17, 15) is 19.5 Å². The molecule has 0 fully saturated rings. The van der Waals surface area contributed by atoms with Gasteiger partial charge in [-0.25, -0.2) is 9.59 Å². The van der Waals surface area contributed by atoms with Crippen LogP contribution in [0.2, 0.25) is 0 Å². The third-order valence-electron chi connectivity index (χ3n) is 3.99. The lowest BCUT2D eigenvalue weighted by Crippen LogP contribution is -2.52. The molecule has 7 heteroatoms. The lowest BCUT2D eigenvalue weighted by molar-refractivity contribution is -0.142. The third-order valence-corrected chi connectivity index (χ3v) is 3.99. The number of carboxylic acids is 1. The fourth-order valence-electron chi connectivity index (χ4n) is 2.55. The van der Waals surface area contributed by atoms with Crippen molar-refractivity contribution in [2.45, 2.75) is 65.1 Å². The van der Waals surface area contributed by atoms with Gasteiger partial charge < -0.3 is 20.5 Å². The second-order valence-electron chi connectivity index (χ2n) is 6.93. The first-order valence-electron chi connectivity index (χ1n) is 9.33. The average molecular weight is 378 g/mol. The molecule has 0 unspecified atom stereocenters. The Hall–Kier alpha value is -2.57. The molecule has 0 aliphatic rings. The summed E-state index contributed by atoms with van der Waals surface area (Å²) in [6.45, 7) is 5.84.